The highest BCUT2D eigenvalue weighted by molar-refractivity contribution is 5.83. The Balaban J connectivity index is 1.09. The molecule has 208 valence electrons. The molecule has 0 bridgehead atoms. The molecule has 0 saturated carbocycles. The van der Waals surface area contributed by atoms with Gasteiger partial charge in [-0.2, -0.15) is 5.26 Å². The lowest BCUT2D eigenvalue weighted by Gasteiger charge is -2.32. The molecule has 0 atom stereocenters. The first-order chi connectivity index (χ1) is 20.7. The maximum atomic E-state index is 9.05. The average Bonchev–Trinajstić information content (AvgIpc) is 3.32. The number of aromatic nitrogens is 5. The number of pyridine rings is 1. The van der Waals surface area contributed by atoms with E-state index in [0.29, 0.717) is 19.2 Å². The highest BCUT2D eigenvalue weighted by Crippen LogP contribution is 2.40. The molecule has 1 fully saturated rings. The molecule has 9 nitrogen and oxygen atoms in total. The van der Waals surface area contributed by atoms with Crippen molar-refractivity contribution in [3.8, 4) is 45.7 Å². The third-order valence-corrected chi connectivity index (χ3v) is 7.94. The van der Waals surface area contributed by atoms with Crippen LogP contribution in [-0.4, -0.2) is 55.1 Å². The van der Waals surface area contributed by atoms with Crippen molar-refractivity contribution in [1.29, 1.82) is 5.26 Å². The summed E-state index contributed by atoms with van der Waals surface area (Å²) in [5.74, 6) is 2.59. The number of piperidine rings is 1. The van der Waals surface area contributed by atoms with E-state index in [4.69, 9.17) is 15.0 Å². The van der Waals surface area contributed by atoms with Crippen LogP contribution in [-0.2, 0) is 13.1 Å². The minimum absolute atomic E-state index is 0.194. The summed E-state index contributed by atoms with van der Waals surface area (Å²) in [4.78, 5) is 20.2. The SMILES string of the molecule is N#Cc1nccc(NC2CCN(Cc3ccc(-c4nc5n(c4-c4ccccc4)CCOc4cnccc4-5)cc3)CC2)n1. The summed E-state index contributed by atoms with van der Waals surface area (Å²) in [6, 6.07) is 25.5. The smallest absolute Gasteiger partial charge is 0.234 e. The molecule has 1 N–H and O–H groups in total. The van der Waals surface area contributed by atoms with Crippen molar-refractivity contribution in [1.82, 2.24) is 29.4 Å². The van der Waals surface area contributed by atoms with E-state index in [-0.39, 0.29) is 5.82 Å². The fourth-order valence-electron chi connectivity index (χ4n) is 5.86. The van der Waals surface area contributed by atoms with Crippen molar-refractivity contribution >= 4 is 5.82 Å². The second-order valence-corrected chi connectivity index (χ2v) is 10.6. The molecule has 0 unspecified atom stereocenters. The minimum atomic E-state index is 0.194. The van der Waals surface area contributed by atoms with Crippen LogP contribution in [0.3, 0.4) is 0 Å². The van der Waals surface area contributed by atoms with Gasteiger partial charge in [0, 0.05) is 49.2 Å². The monoisotopic (exact) mass is 554 g/mol. The lowest BCUT2D eigenvalue weighted by Crippen LogP contribution is -2.38. The summed E-state index contributed by atoms with van der Waals surface area (Å²) >= 11 is 0. The lowest BCUT2D eigenvalue weighted by molar-refractivity contribution is 0.211. The number of hydrogen-bond donors (Lipinski definition) is 1. The Morgan fingerprint density at radius 2 is 1.74 bits per heavy atom. The standard InChI is InChI=1S/C33H30N8O/c34-20-30-36-15-11-29(38-30)37-26-12-16-40(17-13-26)22-23-6-8-24(9-7-23)31-32(25-4-2-1-3-5-25)41-18-19-42-28-21-35-14-10-27(28)33(41)39-31/h1-11,14-15,21,26H,12-13,16-19,22H2,(H,36,37,38). The summed E-state index contributed by atoms with van der Waals surface area (Å²) in [5.41, 5.74) is 6.56. The van der Waals surface area contributed by atoms with E-state index < -0.39 is 0 Å². The predicted molar refractivity (Wildman–Crippen MR) is 160 cm³/mol. The van der Waals surface area contributed by atoms with Gasteiger partial charge in [-0.05, 0) is 30.5 Å². The summed E-state index contributed by atoms with van der Waals surface area (Å²) in [5, 5.41) is 12.5. The van der Waals surface area contributed by atoms with E-state index in [0.717, 1.165) is 77.9 Å². The topological polar surface area (TPSA) is 105 Å². The van der Waals surface area contributed by atoms with E-state index in [9.17, 15) is 0 Å². The molecule has 5 heterocycles. The van der Waals surface area contributed by atoms with Crippen LogP contribution in [0.2, 0.25) is 0 Å². The molecule has 7 rings (SSSR count). The largest absolute Gasteiger partial charge is 0.489 e. The van der Waals surface area contributed by atoms with Crippen LogP contribution in [0.5, 0.6) is 5.75 Å². The number of benzene rings is 2. The fraction of sp³-hybridized carbons (Fsp3) is 0.242. The van der Waals surface area contributed by atoms with E-state index in [1.165, 1.54) is 5.56 Å². The average molecular weight is 555 g/mol. The van der Waals surface area contributed by atoms with Crippen molar-refractivity contribution < 1.29 is 4.74 Å². The molecule has 2 aliphatic heterocycles. The van der Waals surface area contributed by atoms with Crippen molar-refractivity contribution in [3.63, 3.8) is 0 Å². The number of fused-ring (bicyclic) bond motifs is 3. The third kappa shape index (κ3) is 5.20. The molecule has 0 aliphatic carbocycles. The zero-order valence-electron chi connectivity index (χ0n) is 23.1. The summed E-state index contributed by atoms with van der Waals surface area (Å²) in [6.45, 7) is 4.17. The molecule has 9 heteroatoms. The van der Waals surface area contributed by atoms with E-state index in [2.05, 4.69) is 78.3 Å². The highest BCUT2D eigenvalue weighted by Gasteiger charge is 2.25. The quantitative estimate of drug-likeness (QED) is 0.297. The summed E-state index contributed by atoms with van der Waals surface area (Å²) in [6.07, 6.45) is 7.23. The second kappa shape index (κ2) is 11.4. The van der Waals surface area contributed by atoms with Gasteiger partial charge >= 0.3 is 0 Å². The normalized spacial score (nSPS) is 15.1. The van der Waals surface area contributed by atoms with Gasteiger partial charge in [0.1, 0.15) is 30.1 Å². The third-order valence-electron chi connectivity index (χ3n) is 7.94. The Bertz CT molecular complexity index is 1730. The van der Waals surface area contributed by atoms with Crippen molar-refractivity contribution in [3.05, 3.63) is 96.7 Å². The molecule has 0 radical (unpaired) electrons. The molecular formula is C33H30N8O. The van der Waals surface area contributed by atoms with Gasteiger partial charge in [-0.3, -0.25) is 9.88 Å². The van der Waals surface area contributed by atoms with Crippen molar-refractivity contribution in [2.45, 2.75) is 32.0 Å². The van der Waals surface area contributed by atoms with Gasteiger partial charge in [0.25, 0.3) is 0 Å². The second-order valence-electron chi connectivity index (χ2n) is 10.6. The first kappa shape index (κ1) is 25.9. The molecule has 0 spiro atoms. The maximum Gasteiger partial charge on any atom is 0.234 e. The number of anilines is 1. The van der Waals surface area contributed by atoms with Gasteiger partial charge in [0.15, 0.2) is 0 Å². The van der Waals surface area contributed by atoms with E-state index in [1.807, 2.05) is 24.3 Å². The summed E-state index contributed by atoms with van der Waals surface area (Å²) in [7, 11) is 0. The van der Waals surface area contributed by atoms with Crippen LogP contribution in [0.1, 0.15) is 24.2 Å². The van der Waals surface area contributed by atoms with Crippen LogP contribution in [0.15, 0.2) is 85.3 Å². The Morgan fingerprint density at radius 3 is 2.55 bits per heavy atom. The number of nitriles is 1. The highest BCUT2D eigenvalue weighted by atomic mass is 16.5. The number of rotatable bonds is 6. The number of nitrogens with zero attached hydrogens (tertiary/aromatic N) is 7. The Hall–Kier alpha value is -5.07. The Kier molecular flexibility index (Phi) is 7.04. The van der Waals surface area contributed by atoms with E-state index in [1.54, 1.807) is 18.6 Å². The number of ether oxygens (including phenoxy) is 1. The molecule has 5 aromatic rings. The predicted octanol–water partition coefficient (Wildman–Crippen LogP) is 5.41. The zero-order chi connectivity index (χ0) is 28.3. The molecular weight excluding hydrogens is 524 g/mol. The van der Waals surface area contributed by atoms with E-state index >= 15 is 0 Å². The van der Waals surface area contributed by atoms with Gasteiger partial charge in [-0.25, -0.2) is 15.0 Å². The molecule has 3 aromatic heterocycles. The molecule has 2 aliphatic rings. The fourth-order valence-corrected chi connectivity index (χ4v) is 5.86. The number of likely N-dealkylation sites (tertiary alicyclic amines) is 1. The molecule has 2 aromatic carbocycles. The molecule has 42 heavy (non-hydrogen) atoms. The van der Waals surface area contributed by atoms with Crippen molar-refractivity contribution in [2.75, 3.05) is 25.0 Å². The van der Waals surface area contributed by atoms with Crippen LogP contribution >= 0.6 is 0 Å². The zero-order valence-corrected chi connectivity index (χ0v) is 23.1. The first-order valence-corrected chi connectivity index (χ1v) is 14.3. The van der Waals surface area contributed by atoms with Crippen LogP contribution in [0, 0.1) is 11.3 Å². The Labute approximate surface area is 244 Å². The van der Waals surface area contributed by atoms with Gasteiger partial charge in [0.2, 0.25) is 5.82 Å². The minimum Gasteiger partial charge on any atom is -0.489 e. The molecule has 1 saturated heterocycles. The summed E-state index contributed by atoms with van der Waals surface area (Å²) < 4.78 is 8.29. The van der Waals surface area contributed by atoms with Gasteiger partial charge in [-0.1, -0.05) is 54.6 Å². The maximum absolute atomic E-state index is 9.05. The van der Waals surface area contributed by atoms with Gasteiger partial charge in [-0.15, -0.1) is 0 Å². The first-order valence-electron chi connectivity index (χ1n) is 14.3. The van der Waals surface area contributed by atoms with Crippen LogP contribution in [0.4, 0.5) is 5.82 Å². The number of imidazole rings is 1. The van der Waals surface area contributed by atoms with Crippen LogP contribution < -0.4 is 10.1 Å². The Morgan fingerprint density at radius 1 is 0.905 bits per heavy atom. The van der Waals surface area contributed by atoms with Crippen LogP contribution in [0.25, 0.3) is 33.9 Å². The number of hydrogen-bond acceptors (Lipinski definition) is 8. The number of nitrogens with one attached hydrogen (secondary N) is 1. The van der Waals surface area contributed by atoms with Gasteiger partial charge < -0.3 is 14.6 Å². The molecule has 0 amide bonds. The van der Waals surface area contributed by atoms with Crippen molar-refractivity contribution in [2.24, 2.45) is 0 Å². The van der Waals surface area contributed by atoms with Gasteiger partial charge in [0.05, 0.1) is 29.7 Å². The lowest BCUT2D eigenvalue weighted by atomic mass is 10.0.